The fraction of sp³-hybridized carbons (Fsp3) is 0.381. The van der Waals surface area contributed by atoms with Gasteiger partial charge in [0.15, 0.2) is 5.82 Å². The van der Waals surface area contributed by atoms with Crippen molar-refractivity contribution >= 4 is 11.7 Å². The van der Waals surface area contributed by atoms with Gasteiger partial charge < -0.3 is 9.84 Å². The molecule has 1 aliphatic rings. The van der Waals surface area contributed by atoms with Gasteiger partial charge in [0, 0.05) is 6.92 Å². The van der Waals surface area contributed by atoms with E-state index in [1.165, 1.54) is 0 Å². The van der Waals surface area contributed by atoms with E-state index in [0.717, 1.165) is 18.5 Å². The van der Waals surface area contributed by atoms with Crippen molar-refractivity contribution in [1.82, 2.24) is 25.2 Å². The number of ketones is 1. The van der Waals surface area contributed by atoms with Gasteiger partial charge in [0.05, 0.1) is 22.6 Å². The molecule has 1 N–H and O–H groups in total. The number of carbonyl (C=O) groups is 2. The first kappa shape index (κ1) is 19.0. The molecule has 8 nitrogen and oxygen atoms in total. The minimum Gasteiger partial charge on any atom is -0.340 e. The van der Waals surface area contributed by atoms with E-state index < -0.39 is 17.2 Å². The molecule has 0 radical (unpaired) electrons. The van der Waals surface area contributed by atoms with Gasteiger partial charge in [0.2, 0.25) is 5.89 Å². The molecule has 29 heavy (non-hydrogen) atoms. The first-order chi connectivity index (χ1) is 13.9. The van der Waals surface area contributed by atoms with Crippen LogP contribution in [0.2, 0.25) is 0 Å². The average molecular weight is 393 g/mol. The van der Waals surface area contributed by atoms with Crippen LogP contribution < -0.4 is 5.32 Å². The zero-order valence-electron chi connectivity index (χ0n) is 16.7. The lowest BCUT2D eigenvalue weighted by Crippen LogP contribution is -2.47. The number of hydrogen-bond acceptors (Lipinski definition) is 6. The van der Waals surface area contributed by atoms with Gasteiger partial charge in [0.1, 0.15) is 5.54 Å². The molecule has 0 aliphatic heterocycles. The zero-order valence-corrected chi connectivity index (χ0v) is 16.7. The van der Waals surface area contributed by atoms with Crippen molar-refractivity contribution in [3.8, 4) is 5.69 Å². The maximum atomic E-state index is 13.1. The Balaban J connectivity index is 1.63. The summed E-state index contributed by atoms with van der Waals surface area (Å²) in [5, 5.41) is 11.4. The SMILES string of the molecule is Cc1nc(C2(NC(=O)C(=O)c3c(C)nn(-c4ccccc4)c3C)CCCC2)no1. The number of amides is 1. The standard InChI is InChI=1S/C21H23N5O3/c1-13-17(14(2)26(24-13)16-9-5-4-6-10-16)18(27)19(28)23-21(11-7-8-12-21)20-22-15(3)29-25-20/h4-6,9-10H,7-8,11-12H2,1-3H3,(H,23,28). The molecule has 0 atom stereocenters. The number of rotatable bonds is 5. The summed E-state index contributed by atoms with van der Waals surface area (Å²) in [6.45, 7) is 5.24. The summed E-state index contributed by atoms with van der Waals surface area (Å²) >= 11 is 0. The molecule has 1 aliphatic carbocycles. The molecule has 1 saturated carbocycles. The second-order valence-electron chi connectivity index (χ2n) is 7.50. The number of aryl methyl sites for hydroxylation is 2. The van der Waals surface area contributed by atoms with Gasteiger partial charge in [-0.15, -0.1) is 0 Å². The zero-order chi connectivity index (χ0) is 20.6. The van der Waals surface area contributed by atoms with E-state index in [4.69, 9.17) is 4.52 Å². The van der Waals surface area contributed by atoms with E-state index in [1.807, 2.05) is 30.3 Å². The van der Waals surface area contributed by atoms with Crippen LogP contribution in [0.25, 0.3) is 5.69 Å². The van der Waals surface area contributed by atoms with Crippen molar-refractivity contribution in [3.05, 3.63) is 59.0 Å². The molecule has 0 bridgehead atoms. The molecular weight excluding hydrogens is 370 g/mol. The largest absolute Gasteiger partial charge is 0.340 e. The van der Waals surface area contributed by atoms with Crippen LogP contribution in [-0.2, 0) is 10.3 Å². The van der Waals surface area contributed by atoms with Crippen LogP contribution in [0.15, 0.2) is 34.9 Å². The highest BCUT2D eigenvalue weighted by Crippen LogP contribution is 2.37. The number of para-hydroxylation sites is 1. The summed E-state index contributed by atoms with van der Waals surface area (Å²) in [5.41, 5.74) is 1.54. The Morgan fingerprint density at radius 3 is 2.41 bits per heavy atom. The minimum absolute atomic E-state index is 0.323. The summed E-state index contributed by atoms with van der Waals surface area (Å²) in [6, 6.07) is 9.52. The molecule has 2 aromatic heterocycles. The molecule has 0 unspecified atom stereocenters. The van der Waals surface area contributed by atoms with Gasteiger partial charge in [-0.25, -0.2) is 4.68 Å². The van der Waals surface area contributed by atoms with Gasteiger partial charge in [0.25, 0.3) is 11.7 Å². The summed E-state index contributed by atoms with van der Waals surface area (Å²) in [7, 11) is 0. The van der Waals surface area contributed by atoms with Gasteiger partial charge in [-0.3, -0.25) is 9.59 Å². The molecule has 1 amide bonds. The maximum absolute atomic E-state index is 13.1. The van der Waals surface area contributed by atoms with Crippen molar-refractivity contribution in [1.29, 1.82) is 0 Å². The van der Waals surface area contributed by atoms with Crippen LogP contribution in [0, 0.1) is 20.8 Å². The van der Waals surface area contributed by atoms with E-state index in [0.29, 0.717) is 41.5 Å². The highest BCUT2D eigenvalue weighted by molar-refractivity contribution is 6.43. The Kier molecular flexibility index (Phi) is 4.77. The normalized spacial score (nSPS) is 15.4. The van der Waals surface area contributed by atoms with Crippen LogP contribution in [-0.4, -0.2) is 31.6 Å². The second-order valence-corrected chi connectivity index (χ2v) is 7.50. The van der Waals surface area contributed by atoms with Crippen molar-refractivity contribution in [2.45, 2.75) is 52.0 Å². The predicted molar refractivity (Wildman–Crippen MR) is 105 cm³/mol. The lowest BCUT2D eigenvalue weighted by molar-refractivity contribution is -0.119. The van der Waals surface area contributed by atoms with Gasteiger partial charge in [-0.1, -0.05) is 36.2 Å². The van der Waals surface area contributed by atoms with Gasteiger partial charge >= 0.3 is 0 Å². The maximum Gasteiger partial charge on any atom is 0.293 e. The number of hydrogen-bond donors (Lipinski definition) is 1. The second kappa shape index (κ2) is 7.27. The molecule has 4 rings (SSSR count). The minimum atomic E-state index is -0.762. The molecule has 2 heterocycles. The molecule has 1 fully saturated rings. The number of Topliss-reactive ketones (excluding diaryl/α,β-unsaturated/α-hetero) is 1. The highest BCUT2D eigenvalue weighted by atomic mass is 16.5. The van der Waals surface area contributed by atoms with Crippen LogP contribution in [0.4, 0.5) is 0 Å². The van der Waals surface area contributed by atoms with E-state index in [-0.39, 0.29) is 0 Å². The molecule has 0 saturated heterocycles. The number of nitrogens with zero attached hydrogens (tertiary/aromatic N) is 4. The lowest BCUT2D eigenvalue weighted by Gasteiger charge is -2.26. The summed E-state index contributed by atoms with van der Waals surface area (Å²) in [5.74, 6) is -0.411. The number of nitrogens with one attached hydrogen (secondary N) is 1. The van der Waals surface area contributed by atoms with Crippen molar-refractivity contribution in [2.75, 3.05) is 0 Å². The van der Waals surface area contributed by atoms with E-state index in [9.17, 15) is 9.59 Å². The predicted octanol–water partition coefficient (Wildman–Crippen LogP) is 2.95. The molecule has 0 spiro atoms. The van der Waals surface area contributed by atoms with E-state index in [1.54, 1.807) is 25.5 Å². The molecule has 150 valence electrons. The average Bonchev–Trinajstić information content (AvgIpc) is 3.42. The van der Waals surface area contributed by atoms with Crippen LogP contribution in [0.5, 0.6) is 0 Å². The molecule has 1 aromatic carbocycles. The summed E-state index contributed by atoms with van der Waals surface area (Å²) in [6.07, 6.45) is 3.19. The van der Waals surface area contributed by atoms with Crippen molar-refractivity contribution in [2.24, 2.45) is 0 Å². The van der Waals surface area contributed by atoms with Gasteiger partial charge in [-0.2, -0.15) is 10.1 Å². The number of benzene rings is 1. The molecule has 8 heteroatoms. The van der Waals surface area contributed by atoms with Gasteiger partial charge in [-0.05, 0) is 38.8 Å². The van der Waals surface area contributed by atoms with Crippen molar-refractivity contribution in [3.63, 3.8) is 0 Å². The topological polar surface area (TPSA) is 103 Å². The Labute approximate surface area is 168 Å². The highest BCUT2D eigenvalue weighted by Gasteiger charge is 2.42. The molecule has 3 aromatic rings. The summed E-state index contributed by atoms with van der Waals surface area (Å²) in [4.78, 5) is 30.3. The Hall–Kier alpha value is -3.29. The Bertz CT molecular complexity index is 1060. The van der Waals surface area contributed by atoms with E-state index >= 15 is 0 Å². The van der Waals surface area contributed by atoms with Crippen LogP contribution >= 0.6 is 0 Å². The van der Waals surface area contributed by atoms with E-state index in [2.05, 4.69) is 20.6 Å². The van der Waals surface area contributed by atoms with Crippen LogP contribution in [0.3, 0.4) is 0 Å². The Morgan fingerprint density at radius 2 is 1.79 bits per heavy atom. The van der Waals surface area contributed by atoms with Crippen LogP contribution in [0.1, 0.15) is 59.1 Å². The van der Waals surface area contributed by atoms with Crippen molar-refractivity contribution < 1.29 is 14.1 Å². The summed E-state index contributed by atoms with van der Waals surface area (Å²) < 4.78 is 6.79. The smallest absolute Gasteiger partial charge is 0.293 e. The first-order valence-corrected chi connectivity index (χ1v) is 9.70. The fourth-order valence-corrected chi connectivity index (χ4v) is 4.06. The lowest BCUT2D eigenvalue weighted by atomic mass is 9.95. The third-order valence-corrected chi connectivity index (χ3v) is 5.49. The first-order valence-electron chi connectivity index (χ1n) is 9.70. The number of carbonyl (C=O) groups excluding carboxylic acids is 2. The quantitative estimate of drug-likeness (QED) is 0.528. The fourth-order valence-electron chi connectivity index (χ4n) is 4.06. The number of aromatic nitrogens is 4. The molecular formula is C21H23N5O3. The Morgan fingerprint density at radius 1 is 1.10 bits per heavy atom. The monoisotopic (exact) mass is 393 g/mol. The third kappa shape index (κ3) is 3.35. The third-order valence-electron chi connectivity index (χ3n) is 5.49.